The second-order valence-corrected chi connectivity index (χ2v) is 5.46. The molecule has 0 spiro atoms. The van der Waals surface area contributed by atoms with Crippen molar-refractivity contribution >= 4 is 22.6 Å². The first-order valence-corrected chi connectivity index (χ1v) is 7.07. The van der Waals surface area contributed by atoms with Crippen LogP contribution in [0.5, 0.6) is 0 Å². The van der Waals surface area contributed by atoms with Crippen molar-refractivity contribution in [2.45, 2.75) is 43.4 Å². The van der Waals surface area contributed by atoms with Crippen LogP contribution in [0.1, 0.15) is 31.1 Å². The highest BCUT2D eigenvalue weighted by molar-refractivity contribution is 6.16. The van der Waals surface area contributed by atoms with Crippen LogP contribution in [0, 0.1) is 0 Å². The molecule has 18 heavy (non-hydrogen) atoms. The minimum atomic E-state index is 0.356. The molecule has 0 radical (unpaired) electrons. The maximum absolute atomic E-state index is 6.06. The summed E-state index contributed by atoms with van der Waals surface area (Å²) in [4.78, 5) is 4.63. The van der Waals surface area contributed by atoms with Crippen molar-refractivity contribution < 1.29 is 4.74 Å². The highest BCUT2D eigenvalue weighted by atomic mass is 35.5. The van der Waals surface area contributed by atoms with Crippen LogP contribution in [0.15, 0.2) is 24.3 Å². The van der Waals surface area contributed by atoms with Crippen molar-refractivity contribution in [2.75, 3.05) is 0 Å². The van der Waals surface area contributed by atoms with Crippen LogP contribution >= 0.6 is 11.6 Å². The zero-order chi connectivity index (χ0) is 12.1. The molecule has 1 aromatic carbocycles. The van der Waals surface area contributed by atoms with E-state index in [1.807, 2.05) is 6.07 Å². The van der Waals surface area contributed by atoms with Gasteiger partial charge in [-0.3, -0.25) is 0 Å². The zero-order valence-electron chi connectivity index (χ0n) is 10.1. The molecule has 2 aliphatic rings. The van der Waals surface area contributed by atoms with E-state index in [0.717, 1.165) is 17.8 Å². The average molecular weight is 263 g/mol. The Morgan fingerprint density at radius 1 is 1.33 bits per heavy atom. The molecule has 3 heterocycles. The Morgan fingerprint density at radius 3 is 2.94 bits per heavy atom. The molecule has 3 nitrogen and oxygen atoms in total. The van der Waals surface area contributed by atoms with Gasteiger partial charge >= 0.3 is 0 Å². The molecular weight excluding hydrogens is 248 g/mol. The van der Waals surface area contributed by atoms with Gasteiger partial charge in [-0.05, 0) is 31.4 Å². The molecule has 2 saturated heterocycles. The summed E-state index contributed by atoms with van der Waals surface area (Å²) in [7, 11) is 0. The molecule has 0 N–H and O–H groups in total. The maximum atomic E-state index is 6.06. The third kappa shape index (κ3) is 1.44. The van der Waals surface area contributed by atoms with Gasteiger partial charge in [0.1, 0.15) is 5.82 Å². The second kappa shape index (κ2) is 3.97. The van der Waals surface area contributed by atoms with Crippen LogP contribution in [0.2, 0.25) is 0 Å². The Hall–Kier alpha value is -1.06. The van der Waals surface area contributed by atoms with E-state index in [2.05, 4.69) is 27.8 Å². The highest BCUT2D eigenvalue weighted by Crippen LogP contribution is 2.43. The number of hydrogen-bond acceptors (Lipinski definition) is 2. The number of aromatic nitrogens is 2. The van der Waals surface area contributed by atoms with Crippen LogP contribution in [0.4, 0.5) is 0 Å². The van der Waals surface area contributed by atoms with E-state index >= 15 is 0 Å². The smallest absolute Gasteiger partial charge is 0.125 e. The van der Waals surface area contributed by atoms with Crippen molar-refractivity contribution in [3.8, 4) is 0 Å². The summed E-state index contributed by atoms with van der Waals surface area (Å²) in [5.74, 6) is 1.43. The van der Waals surface area contributed by atoms with Gasteiger partial charge in [0.15, 0.2) is 0 Å². The molecule has 94 valence electrons. The quantitative estimate of drug-likeness (QED) is 0.777. The van der Waals surface area contributed by atoms with Crippen molar-refractivity contribution in [3.05, 3.63) is 30.1 Å². The molecule has 4 heteroatoms. The van der Waals surface area contributed by atoms with E-state index in [1.165, 1.54) is 18.4 Å². The van der Waals surface area contributed by atoms with Gasteiger partial charge in [0.25, 0.3) is 0 Å². The Balaban J connectivity index is 1.88. The first-order chi connectivity index (χ1) is 8.86. The third-order valence-corrected chi connectivity index (χ3v) is 4.43. The molecule has 3 atom stereocenters. The van der Waals surface area contributed by atoms with E-state index < -0.39 is 0 Å². The summed E-state index contributed by atoms with van der Waals surface area (Å²) in [6, 6.07) is 8.69. The lowest BCUT2D eigenvalue weighted by Crippen LogP contribution is -2.22. The fourth-order valence-corrected chi connectivity index (χ4v) is 3.63. The van der Waals surface area contributed by atoms with Crippen LogP contribution in [-0.2, 0) is 10.6 Å². The number of rotatable bonds is 2. The number of nitrogens with zero attached hydrogens (tertiary/aromatic N) is 2. The summed E-state index contributed by atoms with van der Waals surface area (Å²) >= 11 is 6.06. The van der Waals surface area contributed by atoms with E-state index in [1.54, 1.807) is 0 Å². The molecule has 0 aliphatic carbocycles. The number of para-hydroxylation sites is 2. The molecule has 0 saturated carbocycles. The number of imidazole rings is 1. The Bertz CT molecular complexity index is 594. The van der Waals surface area contributed by atoms with Gasteiger partial charge in [-0.15, -0.1) is 11.6 Å². The van der Waals surface area contributed by atoms with Gasteiger partial charge < -0.3 is 9.30 Å². The number of halogens is 1. The summed E-state index contributed by atoms with van der Waals surface area (Å²) in [5, 5.41) is 0. The number of ether oxygens (including phenoxy) is 1. The molecule has 2 aromatic rings. The fourth-order valence-electron chi connectivity index (χ4n) is 3.44. The first kappa shape index (κ1) is 10.8. The van der Waals surface area contributed by atoms with Gasteiger partial charge in [-0.25, -0.2) is 4.98 Å². The lowest BCUT2D eigenvalue weighted by molar-refractivity contribution is 0.0940. The molecule has 2 fully saturated rings. The minimum absolute atomic E-state index is 0.356. The van der Waals surface area contributed by atoms with Gasteiger partial charge in [-0.1, -0.05) is 12.1 Å². The van der Waals surface area contributed by atoms with Gasteiger partial charge in [0.2, 0.25) is 0 Å². The van der Waals surface area contributed by atoms with E-state index in [9.17, 15) is 0 Å². The summed E-state index contributed by atoms with van der Waals surface area (Å²) < 4.78 is 8.28. The zero-order valence-corrected chi connectivity index (χ0v) is 10.8. The monoisotopic (exact) mass is 262 g/mol. The Labute approximate surface area is 111 Å². The number of fused-ring (bicyclic) bond motifs is 3. The topological polar surface area (TPSA) is 27.1 Å². The first-order valence-electron chi connectivity index (χ1n) is 6.54. The summed E-state index contributed by atoms with van der Waals surface area (Å²) in [6.45, 7) is 0. The highest BCUT2D eigenvalue weighted by Gasteiger charge is 2.42. The minimum Gasteiger partial charge on any atom is -0.373 e. The maximum Gasteiger partial charge on any atom is 0.125 e. The molecule has 2 bridgehead atoms. The molecule has 0 amide bonds. The van der Waals surface area contributed by atoms with Crippen molar-refractivity contribution in [1.29, 1.82) is 0 Å². The predicted octanol–water partition coefficient (Wildman–Crippen LogP) is 3.27. The van der Waals surface area contributed by atoms with Crippen molar-refractivity contribution in [3.63, 3.8) is 0 Å². The molecule has 3 unspecified atom stereocenters. The van der Waals surface area contributed by atoms with Crippen LogP contribution in [0.3, 0.4) is 0 Å². The van der Waals surface area contributed by atoms with Crippen LogP contribution < -0.4 is 0 Å². The lowest BCUT2D eigenvalue weighted by Gasteiger charge is -2.22. The SMILES string of the molecule is ClCc1nc2ccccc2n1C1CC2CCC1O2. The Morgan fingerprint density at radius 2 is 2.22 bits per heavy atom. The molecule has 4 rings (SSSR count). The second-order valence-electron chi connectivity index (χ2n) is 5.20. The lowest BCUT2D eigenvalue weighted by atomic mass is 9.95. The Kier molecular flexibility index (Phi) is 2.39. The average Bonchev–Trinajstić information content (AvgIpc) is 3.10. The van der Waals surface area contributed by atoms with E-state index in [0.29, 0.717) is 24.1 Å². The number of benzene rings is 1. The fraction of sp³-hybridized carbons (Fsp3) is 0.500. The third-order valence-electron chi connectivity index (χ3n) is 4.19. The molecule has 1 aromatic heterocycles. The van der Waals surface area contributed by atoms with Gasteiger partial charge in [0.05, 0.1) is 35.2 Å². The van der Waals surface area contributed by atoms with Crippen LogP contribution in [0.25, 0.3) is 11.0 Å². The van der Waals surface area contributed by atoms with E-state index in [-0.39, 0.29) is 0 Å². The molecular formula is C14H15ClN2O. The largest absolute Gasteiger partial charge is 0.373 e. The van der Waals surface area contributed by atoms with Crippen molar-refractivity contribution in [2.24, 2.45) is 0 Å². The number of alkyl halides is 1. The summed E-state index contributed by atoms with van der Waals surface area (Å²) in [6.07, 6.45) is 4.29. The van der Waals surface area contributed by atoms with Gasteiger partial charge in [0, 0.05) is 0 Å². The molecule has 2 aliphatic heterocycles. The normalized spacial score (nSPS) is 30.4. The van der Waals surface area contributed by atoms with E-state index in [4.69, 9.17) is 16.3 Å². The summed E-state index contributed by atoms with van der Waals surface area (Å²) in [5.41, 5.74) is 2.23. The van der Waals surface area contributed by atoms with Crippen LogP contribution in [-0.4, -0.2) is 21.8 Å². The van der Waals surface area contributed by atoms with Gasteiger partial charge in [-0.2, -0.15) is 0 Å². The standard InChI is InChI=1S/C14H15ClN2O/c15-8-14-16-10-3-1-2-4-11(10)17(14)12-7-9-5-6-13(12)18-9/h1-4,9,12-13H,5-8H2. The predicted molar refractivity (Wildman–Crippen MR) is 70.8 cm³/mol. The number of hydrogen-bond donors (Lipinski definition) is 0. The van der Waals surface area contributed by atoms with Crippen molar-refractivity contribution in [1.82, 2.24) is 9.55 Å².